The molecule has 0 saturated heterocycles. The van der Waals surface area contributed by atoms with Crippen LogP contribution in [0.5, 0.6) is 0 Å². The van der Waals surface area contributed by atoms with Crippen LogP contribution in [-0.4, -0.2) is 0 Å². The highest BCUT2D eigenvalue weighted by Gasteiger charge is 2.63. The molecule has 0 amide bonds. The molecule has 0 aliphatic heterocycles. The van der Waals surface area contributed by atoms with E-state index < -0.39 is 5.89 Å². The van der Waals surface area contributed by atoms with Gasteiger partial charge in [0.1, 0.15) is 21.1 Å². The smallest absolute Gasteiger partial charge is 0.200 e. The molecule has 9 unspecified atom stereocenters. The standard InChI is InChI=1S/C30H36N.2C29H34N/c1-21-8-6-7-9-27(21)28-15-14-24(20-31(28)5)23-12-10-22(11-13-23)18-26-19-25-16-17-30(26,4)29(25,2)3;2*1-20-9-6-7-12-25(20)27-14-13-23(19-30(27)5)21-10-8-11-22(17-21)26-18-24-15-16-29(26,4)28(24,2)3/h6-15,20,25-26H,16-19H2,1-5H3;2*6-14,17,19,24,26H,15-16,18H2,1-5H3/q3*+1/i;26D;. The van der Waals surface area contributed by atoms with E-state index in [-0.39, 0.29) is 10.8 Å². The van der Waals surface area contributed by atoms with Gasteiger partial charge >= 0.3 is 0 Å². The third-order valence-corrected chi connectivity index (χ3v) is 26.9. The van der Waals surface area contributed by atoms with Crippen molar-refractivity contribution >= 4 is 0 Å². The molecule has 0 radical (unpaired) electrons. The molecule has 0 spiro atoms. The van der Waals surface area contributed by atoms with E-state index in [1.54, 1.807) is 0 Å². The summed E-state index contributed by atoms with van der Waals surface area (Å²) in [6.45, 7) is 28.9. The molecule has 468 valence electrons. The Morgan fingerprint density at radius 2 is 0.758 bits per heavy atom. The van der Waals surface area contributed by atoms with Crippen LogP contribution in [0.3, 0.4) is 0 Å². The van der Waals surface area contributed by atoms with Gasteiger partial charge in [0.2, 0.25) is 17.1 Å². The van der Waals surface area contributed by atoms with E-state index in [1.165, 1.54) is 158 Å². The summed E-state index contributed by atoms with van der Waals surface area (Å²) in [6.07, 6.45) is 19.8. The fraction of sp³-hybridized carbons (Fsp3) is 0.420. The van der Waals surface area contributed by atoms with Gasteiger partial charge in [-0.2, -0.15) is 0 Å². The van der Waals surface area contributed by atoms with Crippen LogP contribution < -0.4 is 13.7 Å². The Hall–Kier alpha value is -7.23. The van der Waals surface area contributed by atoms with Crippen LogP contribution in [0, 0.1) is 76.9 Å². The van der Waals surface area contributed by atoms with Crippen molar-refractivity contribution in [2.75, 3.05) is 0 Å². The van der Waals surface area contributed by atoms with Crippen LogP contribution in [0.4, 0.5) is 0 Å². The second-order valence-corrected chi connectivity index (χ2v) is 31.7. The van der Waals surface area contributed by atoms with Crippen LogP contribution in [0.1, 0.15) is 167 Å². The molecular formula is C88H104N3+3. The molecule has 6 aliphatic rings. The van der Waals surface area contributed by atoms with Gasteiger partial charge in [-0.25, -0.2) is 13.7 Å². The number of rotatable bonds is 10. The van der Waals surface area contributed by atoms with E-state index in [0.717, 1.165) is 24.2 Å². The maximum absolute atomic E-state index is 9.63. The van der Waals surface area contributed by atoms with Gasteiger partial charge in [0.25, 0.3) is 0 Å². The number of fused-ring (bicyclic) bond motifs is 6. The van der Waals surface area contributed by atoms with E-state index in [0.29, 0.717) is 33.5 Å². The zero-order chi connectivity index (χ0) is 64.9. The summed E-state index contributed by atoms with van der Waals surface area (Å²) in [5.74, 6) is 3.48. The molecular weight excluding hydrogens is 1100 g/mol. The molecule has 6 saturated carbocycles. The van der Waals surface area contributed by atoms with E-state index >= 15 is 0 Å². The minimum atomic E-state index is -0.501. The molecule has 3 heteroatoms. The van der Waals surface area contributed by atoms with E-state index in [4.69, 9.17) is 0 Å². The number of hydrogen-bond donors (Lipinski definition) is 0. The van der Waals surface area contributed by atoms with Gasteiger partial charge in [0.05, 0.1) is 0 Å². The normalized spacial score (nSPS) is 27.6. The van der Waals surface area contributed by atoms with Gasteiger partial charge in [0.15, 0.2) is 18.6 Å². The summed E-state index contributed by atoms with van der Waals surface area (Å²) in [5.41, 5.74) is 25.5. The summed E-state index contributed by atoms with van der Waals surface area (Å²) in [4.78, 5) is 0. The number of hydrogen-bond acceptors (Lipinski definition) is 0. The molecule has 6 fully saturated rings. The monoisotopic (exact) mass is 1200 g/mol. The fourth-order valence-corrected chi connectivity index (χ4v) is 19.5. The van der Waals surface area contributed by atoms with Crippen molar-refractivity contribution in [1.29, 1.82) is 0 Å². The third kappa shape index (κ3) is 10.8. The van der Waals surface area contributed by atoms with Crippen LogP contribution in [0.25, 0.3) is 67.2 Å². The van der Waals surface area contributed by atoms with Crippen LogP contribution in [0.2, 0.25) is 0 Å². The maximum Gasteiger partial charge on any atom is 0.212 e. The molecule has 0 N–H and O–H groups in total. The van der Waals surface area contributed by atoms with Crippen molar-refractivity contribution in [3.8, 4) is 67.2 Å². The molecule has 3 heterocycles. The highest BCUT2D eigenvalue weighted by molar-refractivity contribution is 5.70. The lowest BCUT2D eigenvalue weighted by Gasteiger charge is -2.39. The summed E-state index contributed by atoms with van der Waals surface area (Å²) in [6, 6.07) is 66.9. The molecule has 9 aromatic rings. The van der Waals surface area contributed by atoms with Crippen LogP contribution in [0.15, 0.2) is 201 Å². The Labute approximate surface area is 549 Å². The van der Waals surface area contributed by atoms with Gasteiger partial charge in [0, 0.05) is 53.0 Å². The van der Waals surface area contributed by atoms with E-state index in [9.17, 15) is 1.37 Å². The Morgan fingerprint density at radius 3 is 1.14 bits per heavy atom. The van der Waals surface area contributed by atoms with Gasteiger partial charge < -0.3 is 0 Å². The zero-order valence-corrected chi connectivity index (χ0v) is 57.9. The Kier molecular flexibility index (Phi) is 16.0. The zero-order valence-electron chi connectivity index (χ0n) is 58.9. The first kappa shape index (κ1) is 61.3. The second kappa shape index (κ2) is 23.7. The first-order chi connectivity index (χ1) is 43.8. The van der Waals surface area contributed by atoms with Crippen molar-refractivity contribution in [3.05, 3.63) is 234 Å². The van der Waals surface area contributed by atoms with Crippen molar-refractivity contribution in [2.45, 2.75) is 159 Å². The topological polar surface area (TPSA) is 11.6 Å². The molecule has 6 aliphatic carbocycles. The minimum absolute atomic E-state index is 0.0304. The molecule has 9 atom stereocenters. The molecule has 91 heavy (non-hydrogen) atoms. The summed E-state index contributed by atoms with van der Waals surface area (Å²) in [5, 5.41) is 0. The number of benzene rings is 6. The lowest BCUT2D eigenvalue weighted by Crippen LogP contribution is -2.33. The Bertz CT molecular complexity index is 4240. The predicted octanol–water partition coefficient (Wildman–Crippen LogP) is 21.3. The largest absolute Gasteiger partial charge is 0.212 e. The van der Waals surface area contributed by atoms with E-state index in [2.05, 4.69) is 319 Å². The van der Waals surface area contributed by atoms with Gasteiger partial charge in [-0.3, -0.25) is 0 Å². The van der Waals surface area contributed by atoms with Gasteiger partial charge in [-0.15, -0.1) is 0 Å². The highest BCUT2D eigenvalue weighted by Crippen LogP contribution is 2.72. The van der Waals surface area contributed by atoms with Gasteiger partial charge in [-0.05, 0) is 239 Å². The van der Waals surface area contributed by atoms with E-state index in [1.807, 2.05) is 0 Å². The summed E-state index contributed by atoms with van der Waals surface area (Å²) >= 11 is 0. The lowest BCUT2D eigenvalue weighted by molar-refractivity contribution is -0.660. The number of aryl methyl sites for hydroxylation is 6. The van der Waals surface area contributed by atoms with Crippen molar-refractivity contribution in [1.82, 2.24) is 0 Å². The van der Waals surface area contributed by atoms with Gasteiger partial charge in [-0.1, -0.05) is 190 Å². The third-order valence-electron chi connectivity index (χ3n) is 26.9. The second-order valence-electron chi connectivity index (χ2n) is 31.7. The Morgan fingerprint density at radius 1 is 0.374 bits per heavy atom. The molecule has 6 aromatic carbocycles. The number of pyridine rings is 3. The minimum Gasteiger partial charge on any atom is -0.200 e. The lowest BCUT2D eigenvalue weighted by atomic mass is 9.65. The first-order valence-corrected chi connectivity index (χ1v) is 34.8. The van der Waals surface area contributed by atoms with Crippen molar-refractivity contribution < 1.29 is 15.1 Å². The fourth-order valence-electron chi connectivity index (χ4n) is 19.5. The molecule has 6 bridgehead atoms. The summed E-state index contributed by atoms with van der Waals surface area (Å²) < 4.78 is 16.4. The van der Waals surface area contributed by atoms with Crippen LogP contribution in [-0.2, 0) is 27.6 Å². The predicted molar refractivity (Wildman–Crippen MR) is 380 cm³/mol. The van der Waals surface area contributed by atoms with Crippen LogP contribution >= 0.6 is 0 Å². The number of nitrogens with zero attached hydrogens (tertiary/aromatic N) is 3. The SMILES string of the molecule is Cc1ccccc1-c1ccc(-c2ccc(CC3CC4CCC3(C)C4(C)C)cc2)c[n+]1C.Cc1ccccc1-c1ccc(-c2cccc(C3CC4CCC3(C)C4(C)C)c2)c[n+]1C.[2H]C1(c2cccc(-c3ccc(-c4ccccc4C)[n+](C)c3)c2)CC2CCC1(C)C2(C)C. The molecule has 3 aromatic heterocycles. The average Bonchev–Trinajstić information content (AvgIpc) is 1.55. The Balaban J connectivity index is 0.000000126. The van der Waals surface area contributed by atoms with Crippen molar-refractivity contribution in [2.24, 2.45) is 77.3 Å². The highest BCUT2D eigenvalue weighted by atomic mass is 14.9. The molecule has 3 nitrogen and oxygen atoms in total. The number of aromatic nitrogens is 3. The maximum atomic E-state index is 9.63. The first-order valence-electron chi connectivity index (χ1n) is 35.3. The average molecular weight is 1200 g/mol. The molecule has 15 rings (SSSR count). The summed E-state index contributed by atoms with van der Waals surface area (Å²) in [7, 11) is 6.44. The quantitative estimate of drug-likeness (QED) is 0.121. The van der Waals surface area contributed by atoms with Crippen molar-refractivity contribution in [3.63, 3.8) is 0 Å².